The smallest absolute Gasteiger partial charge is 0.284 e. The van der Waals surface area contributed by atoms with Crippen molar-refractivity contribution in [2.24, 2.45) is 0 Å². The van der Waals surface area contributed by atoms with Gasteiger partial charge in [0.25, 0.3) is 5.91 Å². The van der Waals surface area contributed by atoms with E-state index in [1.165, 1.54) is 11.3 Å². The monoisotopic (exact) mass is 414 g/mol. The van der Waals surface area contributed by atoms with Crippen LogP contribution in [0.25, 0.3) is 10.1 Å². The number of nitrogens with one attached hydrogen (secondary N) is 2. The van der Waals surface area contributed by atoms with E-state index in [0.29, 0.717) is 15.6 Å². The van der Waals surface area contributed by atoms with Crippen LogP contribution in [0.4, 0.5) is 5.69 Å². The fourth-order valence-electron chi connectivity index (χ4n) is 3.93. The van der Waals surface area contributed by atoms with E-state index in [-0.39, 0.29) is 5.91 Å². The molecule has 2 aromatic carbocycles. The lowest BCUT2D eigenvalue weighted by atomic mass is 9.78. The Morgan fingerprint density at radius 2 is 1.75 bits per heavy atom. The van der Waals surface area contributed by atoms with E-state index in [4.69, 9.17) is 16.8 Å². The highest BCUT2D eigenvalue weighted by Crippen LogP contribution is 2.42. The number of hydroxylamine groups is 1. The molecule has 1 heterocycles. The van der Waals surface area contributed by atoms with Crippen LogP contribution in [-0.4, -0.2) is 17.0 Å². The summed E-state index contributed by atoms with van der Waals surface area (Å²) in [5.41, 5.74) is 2.78. The molecule has 0 unspecified atom stereocenters. The summed E-state index contributed by atoms with van der Waals surface area (Å²) in [5.74, 6) is -0.561. The fraction of sp³-hybridized carbons (Fsp3) is 0.238. The summed E-state index contributed by atoms with van der Waals surface area (Å²) in [4.78, 5) is 25.3. The number of carbonyl (C=O) groups is 2. The second-order valence-corrected chi connectivity index (χ2v) is 8.57. The van der Waals surface area contributed by atoms with Gasteiger partial charge in [0.2, 0.25) is 5.91 Å². The minimum absolute atomic E-state index is 0.0183. The summed E-state index contributed by atoms with van der Waals surface area (Å²) in [6.45, 7) is 0. The number of thiophene rings is 1. The second-order valence-electron chi connectivity index (χ2n) is 7.05. The van der Waals surface area contributed by atoms with E-state index < -0.39 is 11.3 Å². The normalized spacial score (nSPS) is 15.5. The average molecular weight is 415 g/mol. The molecule has 3 N–H and O–H groups in total. The molecular weight excluding hydrogens is 396 g/mol. The SMILES string of the molecule is O=C(NO)c1cc2cc(NC(=O)C3(c4ccc(Cl)cc4)CCCC3)ccc2s1. The van der Waals surface area contributed by atoms with Crippen molar-refractivity contribution in [3.63, 3.8) is 0 Å². The fourth-order valence-corrected chi connectivity index (χ4v) is 4.99. The molecule has 28 heavy (non-hydrogen) atoms. The molecule has 0 atom stereocenters. The van der Waals surface area contributed by atoms with Crippen molar-refractivity contribution >= 4 is 50.5 Å². The molecule has 5 nitrogen and oxygen atoms in total. The van der Waals surface area contributed by atoms with Crippen LogP contribution < -0.4 is 10.8 Å². The number of benzene rings is 2. The summed E-state index contributed by atoms with van der Waals surface area (Å²) in [6, 6.07) is 14.8. The van der Waals surface area contributed by atoms with Gasteiger partial charge in [-0.15, -0.1) is 11.3 Å². The summed E-state index contributed by atoms with van der Waals surface area (Å²) < 4.78 is 0.907. The maximum absolute atomic E-state index is 13.3. The van der Waals surface area contributed by atoms with Crippen molar-refractivity contribution in [1.29, 1.82) is 0 Å². The third-order valence-electron chi connectivity index (χ3n) is 5.39. The standard InChI is InChI=1S/C21H19ClN2O3S/c22-15-5-3-14(4-6-15)21(9-1-2-10-21)20(26)23-16-7-8-17-13(11-16)12-18(28-17)19(25)24-27/h3-8,11-12,27H,1-2,9-10H2,(H,23,26)(H,24,25). The molecular formula is C21H19ClN2O3S. The Kier molecular flexibility index (Phi) is 5.10. The van der Waals surface area contributed by atoms with Crippen molar-refractivity contribution < 1.29 is 14.8 Å². The Balaban J connectivity index is 1.62. The van der Waals surface area contributed by atoms with Crippen LogP contribution in [0, 0.1) is 0 Å². The molecule has 144 valence electrons. The molecule has 3 aromatic rings. The van der Waals surface area contributed by atoms with E-state index >= 15 is 0 Å². The zero-order valence-electron chi connectivity index (χ0n) is 15.0. The number of amides is 2. The Hall–Kier alpha value is -2.41. The molecule has 2 amide bonds. The number of anilines is 1. The minimum Gasteiger partial charge on any atom is -0.325 e. The van der Waals surface area contributed by atoms with Gasteiger partial charge >= 0.3 is 0 Å². The summed E-state index contributed by atoms with van der Waals surface area (Å²) in [7, 11) is 0. The molecule has 0 bridgehead atoms. The first-order valence-corrected chi connectivity index (χ1v) is 10.3. The van der Waals surface area contributed by atoms with Gasteiger partial charge in [0.05, 0.1) is 10.3 Å². The Morgan fingerprint density at radius 3 is 2.43 bits per heavy atom. The van der Waals surface area contributed by atoms with Crippen molar-refractivity contribution in [3.8, 4) is 0 Å². The molecule has 0 spiro atoms. The number of rotatable bonds is 4. The number of fused-ring (bicyclic) bond motifs is 1. The maximum atomic E-state index is 13.3. The number of carbonyl (C=O) groups excluding carboxylic acids is 2. The maximum Gasteiger partial charge on any atom is 0.284 e. The van der Waals surface area contributed by atoms with E-state index in [1.54, 1.807) is 11.5 Å². The zero-order chi connectivity index (χ0) is 19.7. The van der Waals surface area contributed by atoms with Crippen molar-refractivity contribution in [3.05, 3.63) is 64.0 Å². The zero-order valence-corrected chi connectivity index (χ0v) is 16.6. The van der Waals surface area contributed by atoms with Crippen molar-refractivity contribution in [1.82, 2.24) is 5.48 Å². The molecule has 4 rings (SSSR count). The highest BCUT2D eigenvalue weighted by Gasteiger charge is 2.42. The van der Waals surface area contributed by atoms with Gasteiger partial charge in [-0.2, -0.15) is 0 Å². The van der Waals surface area contributed by atoms with E-state index in [2.05, 4.69) is 5.32 Å². The number of hydrogen-bond acceptors (Lipinski definition) is 4. The first-order valence-electron chi connectivity index (χ1n) is 9.07. The average Bonchev–Trinajstić information content (AvgIpc) is 3.35. The second kappa shape index (κ2) is 7.54. The summed E-state index contributed by atoms with van der Waals surface area (Å²) >= 11 is 7.30. The first-order chi connectivity index (χ1) is 13.5. The van der Waals surface area contributed by atoms with Gasteiger partial charge in [0.15, 0.2) is 0 Å². The quantitative estimate of drug-likeness (QED) is 0.409. The van der Waals surface area contributed by atoms with Gasteiger partial charge in [0, 0.05) is 15.4 Å². The van der Waals surface area contributed by atoms with Gasteiger partial charge in [-0.25, -0.2) is 5.48 Å². The highest BCUT2D eigenvalue weighted by molar-refractivity contribution is 7.20. The van der Waals surface area contributed by atoms with Crippen LogP contribution in [0.1, 0.15) is 40.9 Å². The molecule has 1 aliphatic carbocycles. The van der Waals surface area contributed by atoms with E-state index in [1.807, 2.05) is 42.5 Å². The van der Waals surface area contributed by atoms with Gasteiger partial charge < -0.3 is 5.32 Å². The van der Waals surface area contributed by atoms with Crippen LogP contribution in [0.2, 0.25) is 5.02 Å². The van der Waals surface area contributed by atoms with Gasteiger partial charge in [-0.1, -0.05) is 36.6 Å². The molecule has 0 radical (unpaired) electrons. The lowest BCUT2D eigenvalue weighted by molar-refractivity contribution is -0.121. The number of halogens is 1. The molecule has 0 saturated heterocycles. The van der Waals surface area contributed by atoms with Crippen LogP contribution in [0.5, 0.6) is 0 Å². The molecule has 1 saturated carbocycles. The topological polar surface area (TPSA) is 78.4 Å². The van der Waals surface area contributed by atoms with Crippen LogP contribution in [0.3, 0.4) is 0 Å². The molecule has 0 aliphatic heterocycles. The molecule has 1 fully saturated rings. The van der Waals surface area contributed by atoms with Gasteiger partial charge in [-0.3, -0.25) is 14.8 Å². The lowest BCUT2D eigenvalue weighted by Gasteiger charge is -2.28. The minimum atomic E-state index is -0.546. The van der Waals surface area contributed by atoms with Crippen LogP contribution >= 0.6 is 22.9 Å². The third kappa shape index (κ3) is 3.39. The van der Waals surface area contributed by atoms with E-state index in [9.17, 15) is 9.59 Å². The highest BCUT2D eigenvalue weighted by atomic mass is 35.5. The third-order valence-corrected chi connectivity index (χ3v) is 6.75. The van der Waals surface area contributed by atoms with Crippen molar-refractivity contribution in [2.45, 2.75) is 31.1 Å². The first kappa shape index (κ1) is 18.9. The van der Waals surface area contributed by atoms with Gasteiger partial charge in [-0.05, 0) is 60.2 Å². The molecule has 7 heteroatoms. The van der Waals surface area contributed by atoms with Crippen LogP contribution in [-0.2, 0) is 10.2 Å². The predicted molar refractivity (Wildman–Crippen MR) is 111 cm³/mol. The Bertz CT molecular complexity index is 1040. The van der Waals surface area contributed by atoms with Crippen LogP contribution in [0.15, 0.2) is 48.5 Å². The van der Waals surface area contributed by atoms with Crippen molar-refractivity contribution in [2.75, 3.05) is 5.32 Å². The number of hydrogen-bond donors (Lipinski definition) is 3. The molecule has 1 aromatic heterocycles. The predicted octanol–water partition coefficient (Wildman–Crippen LogP) is 5.12. The lowest BCUT2D eigenvalue weighted by Crippen LogP contribution is -2.37. The summed E-state index contributed by atoms with van der Waals surface area (Å²) in [6.07, 6.45) is 3.64. The largest absolute Gasteiger partial charge is 0.325 e. The Morgan fingerprint density at radius 1 is 1.04 bits per heavy atom. The molecule has 1 aliphatic rings. The van der Waals surface area contributed by atoms with Gasteiger partial charge in [0.1, 0.15) is 0 Å². The van der Waals surface area contributed by atoms with E-state index in [0.717, 1.165) is 41.3 Å². The summed E-state index contributed by atoms with van der Waals surface area (Å²) in [5, 5.41) is 13.4. The Labute approximate surface area is 171 Å².